The van der Waals surface area contributed by atoms with Crippen molar-refractivity contribution < 1.29 is 14.1 Å². The quantitative estimate of drug-likeness (QED) is 0.573. The number of nitrogens with one attached hydrogen (secondary N) is 1. The van der Waals surface area contributed by atoms with Crippen molar-refractivity contribution in [2.45, 2.75) is 46.1 Å². The minimum atomic E-state index is -0.0309. The van der Waals surface area contributed by atoms with Crippen LogP contribution in [0.1, 0.15) is 42.7 Å². The number of nitrogens with zero attached hydrogens (tertiary/aromatic N) is 4. The monoisotopic (exact) mass is 473 g/mol. The molecule has 0 radical (unpaired) electrons. The standard InChI is InChI=1S/C27H31N5O3/c1-18-6-3-4-7-22(18)26-29-24(35-30-26)17-31-14-11-20(12-15-31)27(34)28-21-9-10-23(19(2)16-21)32-13-5-8-25(32)33/h3-4,6-7,9-10,16,20H,5,8,11-15,17H2,1-2H3,(H,28,34). The average molecular weight is 474 g/mol. The summed E-state index contributed by atoms with van der Waals surface area (Å²) in [7, 11) is 0. The third-order valence-corrected chi connectivity index (χ3v) is 7.00. The summed E-state index contributed by atoms with van der Waals surface area (Å²) < 4.78 is 5.49. The van der Waals surface area contributed by atoms with E-state index in [0.29, 0.717) is 24.7 Å². The van der Waals surface area contributed by atoms with Crippen molar-refractivity contribution in [3.63, 3.8) is 0 Å². The minimum absolute atomic E-state index is 0.0309. The number of amides is 2. The molecule has 8 heteroatoms. The lowest BCUT2D eigenvalue weighted by Crippen LogP contribution is -2.37. The van der Waals surface area contributed by atoms with Crippen LogP contribution in [0.2, 0.25) is 0 Å². The van der Waals surface area contributed by atoms with Crippen LogP contribution in [0.3, 0.4) is 0 Å². The lowest BCUT2D eigenvalue weighted by molar-refractivity contribution is -0.121. The largest absolute Gasteiger partial charge is 0.338 e. The summed E-state index contributed by atoms with van der Waals surface area (Å²) in [5.74, 6) is 1.40. The van der Waals surface area contributed by atoms with Gasteiger partial charge in [0.2, 0.25) is 23.5 Å². The number of carbonyl (C=O) groups is 2. The molecule has 2 aliphatic rings. The minimum Gasteiger partial charge on any atom is -0.338 e. The van der Waals surface area contributed by atoms with E-state index >= 15 is 0 Å². The number of benzene rings is 2. The Morgan fingerprint density at radius 2 is 1.89 bits per heavy atom. The van der Waals surface area contributed by atoms with Gasteiger partial charge in [-0.1, -0.05) is 29.4 Å². The molecule has 2 saturated heterocycles. The van der Waals surface area contributed by atoms with E-state index in [4.69, 9.17) is 4.52 Å². The SMILES string of the molecule is Cc1ccccc1-c1noc(CN2CCC(C(=O)Nc3ccc(N4CCCC4=O)c(C)c3)CC2)n1. The number of anilines is 2. The predicted molar refractivity (Wildman–Crippen MR) is 134 cm³/mol. The van der Waals surface area contributed by atoms with Gasteiger partial charge in [0.1, 0.15) is 0 Å². The number of likely N-dealkylation sites (tertiary alicyclic amines) is 1. The average Bonchev–Trinajstić information content (AvgIpc) is 3.49. The summed E-state index contributed by atoms with van der Waals surface area (Å²) >= 11 is 0. The summed E-state index contributed by atoms with van der Waals surface area (Å²) in [6.07, 6.45) is 3.07. The van der Waals surface area contributed by atoms with Gasteiger partial charge in [-0.15, -0.1) is 0 Å². The van der Waals surface area contributed by atoms with E-state index in [0.717, 1.165) is 67.0 Å². The molecule has 0 atom stereocenters. The lowest BCUT2D eigenvalue weighted by atomic mass is 9.95. The molecule has 1 aromatic heterocycles. The van der Waals surface area contributed by atoms with Gasteiger partial charge in [0.05, 0.1) is 6.54 Å². The van der Waals surface area contributed by atoms with Gasteiger partial charge in [-0.05, 0) is 75.5 Å². The van der Waals surface area contributed by atoms with Crippen LogP contribution < -0.4 is 10.2 Å². The van der Waals surface area contributed by atoms with E-state index in [9.17, 15) is 9.59 Å². The van der Waals surface area contributed by atoms with Gasteiger partial charge >= 0.3 is 0 Å². The molecule has 182 valence electrons. The zero-order valence-corrected chi connectivity index (χ0v) is 20.3. The molecule has 0 spiro atoms. The summed E-state index contributed by atoms with van der Waals surface area (Å²) in [5, 5.41) is 7.22. The first-order valence-electron chi connectivity index (χ1n) is 12.3. The van der Waals surface area contributed by atoms with Gasteiger partial charge in [0, 0.05) is 35.8 Å². The highest BCUT2D eigenvalue weighted by Gasteiger charge is 2.27. The predicted octanol–water partition coefficient (Wildman–Crippen LogP) is 4.33. The Balaban J connectivity index is 1.13. The molecular formula is C27H31N5O3. The first-order valence-corrected chi connectivity index (χ1v) is 12.3. The smallest absolute Gasteiger partial charge is 0.241 e. The fourth-order valence-corrected chi connectivity index (χ4v) is 4.98. The van der Waals surface area contributed by atoms with Crippen LogP contribution in [-0.2, 0) is 16.1 Å². The molecule has 35 heavy (non-hydrogen) atoms. The van der Waals surface area contributed by atoms with Crippen LogP contribution in [-0.4, -0.2) is 46.5 Å². The zero-order chi connectivity index (χ0) is 24.4. The van der Waals surface area contributed by atoms with E-state index < -0.39 is 0 Å². The van der Waals surface area contributed by atoms with Crippen LogP contribution >= 0.6 is 0 Å². The van der Waals surface area contributed by atoms with Crippen LogP contribution in [0.4, 0.5) is 11.4 Å². The molecule has 0 unspecified atom stereocenters. The Morgan fingerprint density at radius 1 is 1.09 bits per heavy atom. The number of aromatic nitrogens is 2. The second kappa shape index (κ2) is 10.00. The Kier molecular flexibility index (Phi) is 6.63. The zero-order valence-electron chi connectivity index (χ0n) is 20.3. The molecule has 5 rings (SSSR count). The van der Waals surface area contributed by atoms with E-state index in [1.54, 1.807) is 0 Å². The first kappa shape index (κ1) is 23.2. The number of carbonyl (C=O) groups excluding carboxylic acids is 2. The molecule has 3 heterocycles. The lowest BCUT2D eigenvalue weighted by Gasteiger charge is -2.30. The van der Waals surface area contributed by atoms with E-state index in [1.165, 1.54) is 0 Å². The maximum absolute atomic E-state index is 12.9. The number of hydrogen-bond donors (Lipinski definition) is 1. The molecule has 2 fully saturated rings. The molecule has 2 amide bonds. The van der Waals surface area contributed by atoms with Crippen molar-refractivity contribution in [2.24, 2.45) is 5.92 Å². The normalized spacial score (nSPS) is 17.2. The molecule has 3 aromatic rings. The van der Waals surface area contributed by atoms with Crippen LogP contribution in [0, 0.1) is 19.8 Å². The van der Waals surface area contributed by atoms with Crippen LogP contribution in [0.15, 0.2) is 47.0 Å². The number of rotatable bonds is 6. The molecule has 0 bridgehead atoms. The second-order valence-electron chi connectivity index (χ2n) is 9.52. The third kappa shape index (κ3) is 5.12. The summed E-state index contributed by atoms with van der Waals surface area (Å²) in [6.45, 7) is 6.97. The van der Waals surface area contributed by atoms with Crippen molar-refractivity contribution in [3.8, 4) is 11.4 Å². The molecule has 8 nitrogen and oxygen atoms in total. The summed E-state index contributed by atoms with van der Waals surface area (Å²) in [4.78, 5) is 33.6. The molecule has 2 aromatic carbocycles. The van der Waals surface area contributed by atoms with Gasteiger partial charge < -0.3 is 14.7 Å². The van der Waals surface area contributed by atoms with Crippen LogP contribution in [0.25, 0.3) is 11.4 Å². The third-order valence-electron chi connectivity index (χ3n) is 7.00. The van der Waals surface area contributed by atoms with Crippen molar-refractivity contribution >= 4 is 23.2 Å². The second-order valence-corrected chi connectivity index (χ2v) is 9.52. The summed E-state index contributed by atoms with van der Waals surface area (Å²) in [5.41, 5.74) is 4.80. The number of aryl methyl sites for hydroxylation is 2. The van der Waals surface area contributed by atoms with E-state index in [1.807, 2.05) is 61.2 Å². The Hall–Kier alpha value is -3.52. The fourth-order valence-electron chi connectivity index (χ4n) is 4.98. The summed E-state index contributed by atoms with van der Waals surface area (Å²) in [6, 6.07) is 13.8. The highest BCUT2D eigenvalue weighted by atomic mass is 16.5. The van der Waals surface area contributed by atoms with Gasteiger partial charge in [-0.25, -0.2) is 0 Å². The van der Waals surface area contributed by atoms with Crippen molar-refractivity contribution in [1.29, 1.82) is 0 Å². The highest BCUT2D eigenvalue weighted by Crippen LogP contribution is 2.28. The molecule has 0 aliphatic carbocycles. The molecule has 0 saturated carbocycles. The van der Waals surface area contributed by atoms with Crippen molar-refractivity contribution in [3.05, 3.63) is 59.5 Å². The van der Waals surface area contributed by atoms with Crippen molar-refractivity contribution in [1.82, 2.24) is 15.0 Å². The Bertz CT molecular complexity index is 1230. The first-order chi connectivity index (χ1) is 17.0. The number of hydrogen-bond acceptors (Lipinski definition) is 6. The van der Waals surface area contributed by atoms with Gasteiger partial charge in [-0.3, -0.25) is 14.5 Å². The topological polar surface area (TPSA) is 91.6 Å². The molecular weight excluding hydrogens is 442 g/mol. The molecule has 2 aliphatic heterocycles. The maximum Gasteiger partial charge on any atom is 0.241 e. The highest BCUT2D eigenvalue weighted by molar-refractivity contribution is 5.97. The molecule has 1 N–H and O–H groups in total. The van der Waals surface area contributed by atoms with Gasteiger partial charge in [0.25, 0.3) is 0 Å². The fraction of sp³-hybridized carbons (Fsp3) is 0.407. The van der Waals surface area contributed by atoms with E-state index in [-0.39, 0.29) is 17.7 Å². The van der Waals surface area contributed by atoms with Gasteiger partial charge in [-0.2, -0.15) is 4.98 Å². The van der Waals surface area contributed by atoms with Crippen molar-refractivity contribution in [2.75, 3.05) is 29.9 Å². The maximum atomic E-state index is 12.9. The van der Waals surface area contributed by atoms with E-state index in [2.05, 4.69) is 20.4 Å². The van der Waals surface area contributed by atoms with Crippen LogP contribution in [0.5, 0.6) is 0 Å². The van der Waals surface area contributed by atoms with Gasteiger partial charge in [0.15, 0.2) is 0 Å². The Labute approximate surface area is 205 Å². The Morgan fingerprint density at radius 3 is 2.60 bits per heavy atom. The number of piperidine rings is 1.